The van der Waals surface area contributed by atoms with Crippen molar-refractivity contribution in [2.24, 2.45) is 5.92 Å². The molecule has 0 saturated carbocycles. The number of benzene rings is 1. The van der Waals surface area contributed by atoms with Gasteiger partial charge in [0.25, 0.3) is 10.1 Å². The molecule has 1 aromatic rings. The summed E-state index contributed by atoms with van der Waals surface area (Å²) in [6.45, 7) is 2.98. The van der Waals surface area contributed by atoms with Crippen molar-refractivity contribution in [1.82, 2.24) is 0 Å². The van der Waals surface area contributed by atoms with Crippen LogP contribution in [0.3, 0.4) is 0 Å². The second-order valence-electron chi connectivity index (χ2n) is 3.74. The lowest BCUT2D eigenvalue weighted by Crippen LogP contribution is -2.16. The summed E-state index contributed by atoms with van der Waals surface area (Å²) in [6.07, 6.45) is 0. The van der Waals surface area contributed by atoms with E-state index in [1.807, 2.05) is 0 Å². The first-order valence-corrected chi connectivity index (χ1v) is 6.25. The van der Waals surface area contributed by atoms with Gasteiger partial charge in [0.15, 0.2) is 11.6 Å². The van der Waals surface area contributed by atoms with E-state index in [1.54, 1.807) is 0 Å². The van der Waals surface area contributed by atoms with Gasteiger partial charge in [0, 0.05) is 0 Å². The fourth-order valence-electron chi connectivity index (χ4n) is 1.02. The van der Waals surface area contributed by atoms with Crippen LogP contribution in [-0.4, -0.2) is 18.9 Å². The molecule has 18 heavy (non-hydrogen) atoms. The van der Waals surface area contributed by atoms with Crippen LogP contribution in [0, 0.1) is 17.6 Å². The highest BCUT2D eigenvalue weighted by Crippen LogP contribution is 2.26. The van der Waals surface area contributed by atoms with Crippen molar-refractivity contribution in [2.45, 2.75) is 18.7 Å². The van der Waals surface area contributed by atoms with Crippen molar-refractivity contribution >= 4 is 16.1 Å². The lowest BCUT2D eigenvalue weighted by molar-refractivity contribution is -0.138. The molecule has 1 aromatic carbocycles. The molecule has 100 valence electrons. The summed E-state index contributed by atoms with van der Waals surface area (Å²) in [6, 6.07) is 1.36. The zero-order valence-corrected chi connectivity index (χ0v) is 10.3. The van der Waals surface area contributed by atoms with E-state index in [1.165, 1.54) is 13.8 Å². The maximum atomic E-state index is 13.4. The second kappa shape index (κ2) is 4.99. The highest BCUT2D eigenvalue weighted by molar-refractivity contribution is 7.85. The number of carbonyl (C=O) groups is 1. The van der Waals surface area contributed by atoms with Crippen molar-refractivity contribution < 1.29 is 31.3 Å². The standard InChI is InChI=1S/C10H10F2O5S/c1-5(2)10(13)17-6-3-4-7(18(14,15)16)9(12)8(6)11/h3-5H,1-2H3,(H,14,15,16). The van der Waals surface area contributed by atoms with Gasteiger partial charge in [-0.2, -0.15) is 12.8 Å². The maximum Gasteiger partial charge on any atom is 0.313 e. The van der Waals surface area contributed by atoms with E-state index in [-0.39, 0.29) is 0 Å². The molecule has 0 aromatic heterocycles. The first kappa shape index (κ1) is 14.5. The summed E-state index contributed by atoms with van der Waals surface area (Å²) in [5, 5.41) is 0. The number of hydrogen-bond acceptors (Lipinski definition) is 4. The number of rotatable bonds is 3. The van der Waals surface area contributed by atoms with Crippen LogP contribution in [0.1, 0.15) is 13.8 Å². The summed E-state index contributed by atoms with van der Waals surface area (Å²) < 4.78 is 61.2. The Bertz CT molecular complexity index is 580. The molecule has 0 spiro atoms. The molecule has 0 unspecified atom stereocenters. The van der Waals surface area contributed by atoms with Gasteiger partial charge in [-0.3, -0.25) is 9.35 Å². The molecule has 0 fully saturated rings. The Morgan fingerprint density at radius 1 is 1.28 bits per heavy atom. The molecule has 0 saturated heterocycles. The molecule has 8 heteroatoms. The molecule has 1 N–H and O–H groups in total. The van der Waals surface area contributed by atoms with Crippen molar-refractivity contribution in [2.75, 3.05) is 0 Å². The summed E-state index contributed by atoms with van der Waals surface area (Å²) in [7, 11) is -4.87. The Morgan fingerprint density at radius 3 is 2.28 bits per heavy atom. The fourth-order valence-corrected chi connectivity index (χ4v) is 1.57. The van der Waals surface area contributed by atoms with Crippen molar-refractivity contribution in [1.29, 1.82) is 0 Å². The second-order valence-corrected chi connectivity index (χ2v) is 5.13. The molecular weight excluding hydrogens is 270 g/mol. The molecule has 0 aliphatic rings. The van der Waals surface area contributed by atoms with E-state index in [0.717, 1.165) is 6.07 Å². The molecule has 0 radical (unpaired) electrons. The van der Waals surface area contributed by atoms with Crippen molar-refractivity contribution in [3.8, 4) is 5.75 Å². The Labute approximate surface area is 102 Å². The minimum atomic E-state index is -4.87. The van der Waals surface area contributed by atoms with E-state index >= 15 is 0 Å². The molecule has 0 aliphatic carbocycles. The zero-order valence-electron chi connectivity index (χ0n) is 9.48. The molecule has 0 aliphatic heterocycles. The average Bonchev–Trinajstić information content (AvgIpc) is 2.22. The topological polar surface area (TPSA) is 80.7 Å². The third kappa shape index (κ3) is 3.02. The third-order valence-corrected chi connectivity index (χ3v) is 2.84. The number of ether oxygens (including phenoxy) is 1. The predicted molar refractivity (Wildman–Crippen MR) is 56.6 cm³/mol. The molecule has 0 bridgehead atoms. The highest BCUT2D eigenvalue weighted by Gasteiger charge is 2.24. The van der Waals surface area contributed by atoms with Crippen molar-refractivity contribution in [3.05, 3.63) is 23.8 Å². The minimum Gasteiger partial charge on any atom is -0.423 e. The van der Waals surface area contributed by atoms with Crippen LogP contribution in [0.15, 0.2) is 17.0 Å². The van der Waals surface area contributed by atoms with Crippen LogP contribution in [0.4, 0.5) is 8.78 Å². The van der Waals surface area contributed by atoms with Gasteiger partial charge in [-0.1, -0.05) is 13.8 Å². The third-order valence-electron chi connectivity index (χ3n) is 1.97. The summed E-state index contributed by atoms with van der Waals surface area (Å²) in [4.78, 5) is 9.96. The molecular formula is C10H10F2O5S. The first-order chi connectivity index (χ1) is 8.14. The number of carbonyl (C=O) groups excluding carboxylic acids is 1. The minimum absolute atomic E-state index is 0.561. The lowest BCUT2D eigenvalue weighted by Gasteiger charge is -2.09. The summed E-state index contributed by atoms with van der Waals surface area (Å²) >= 11 is 0. The Kier molecular flexibility index (Phi) is 4.02. The molecule has 0 heterocycles. The van der Waals surface area contributed by atoms with Gasteiger partial charge in [0.2, 0.25) is 5.82 Å². The molecule has 0 atom stereocenters. The van der Waals surface area contributed by atoms with E-state index < -0.39 is 44.3 Å². The van der Waals surface area contributed by atoms with Crippen LogP contribution < -0.4 is 4.74 Å². The van der Waals surface area contributed by atoms with Gasteiger partial charge in [-0.25, -0.2) is 4.39 Å². The first-order valence-electron chi connectivity index (χ1n) is 4.81. The fraction of sp³-hybridized carbons (Fsp3) is 0.300. The monoisotopic (exact) mass is 280 g/mol. The predicted octanol–water partition coefficient (Wildman–Crippen LogP) is 1.77. The van der Waals surface area contributed by atoms with Crippen LogP contribution in [0.5, 0.6) is 5.75 Å². The van der Waals surface area contributed by atoms with E-state index in [9.17, 15) is 22.0 Å². The molecule has 0 amide bonds. The number of esters is 1. The Balaban J connectivity index is 3.21. The molecule has 1 rings (SSSR count). The maximum absolute atomic E-state index is 13.4. The van der Waals surface area contributed by atoms with Gasteiger partial charge >= 0.3 is 5.97 Å². The SMILES string of the molecule is CC(C)C(=O)Oc1ccc(S(=O)(=O)O)c(F)c1F. The summed E-state index contributed by atoms with van der Waals surface area (Å²) in [5.41, 5.74) is 0. The van der Waals surface area contributed by atoms with Crippen LogP contribution in [-0.2, 0) is 14.9 Å². The van der Waals surface area contributed by atoms with Gasteiger partial charge in [-0.15, -0.1) is 0 Å². The molecule has 5 nitrogen and oxygen atoms in total. The van der Waals surface area contributed by atoms with Gasteiger partial charge < -0.3 is 4.74 Å². The van der Waals surface area contributed by atoms with Gasteiger partial charge in [0.1, 0.15) is 4.90 Å². The Hall–Kier alpha value is -1.54. The van der Waals surface area contributed by atoms with Gasteiger partial charge in [-0.05, 0) is 12.1 Å². The quantitative estimate of drug-likeness (QED) is 0.518. The number of hydrogen-bond donors (Lipinski definition) is 1. The van der Waals surface area contributed by atoms with Crippen LogP contribution in [0.2, 0.25) is 0 Å². The normalized spacial score (nSPS) is 11.7. The van der Waals surface area contributed by atoms with Crippen LogP contribution >= 0.6 is 0 Å². The number of halogens is 2. The smallest absolute Gasteiger partial charge is 0.313 e. The lowest BCUT2D eigenvalue weighted by atomic mass is 10.2. The highest BCUT2D eigenvalue weighted by atomic mass is 32.2. The summed E-state index contributed by atoms with van der Waals surface area (Å²) in [5.74, 6) is -5.55. The van der Waals surface area contributed by atoms with E-state index in [2.05, 4.69) is 4.74 Å². The van der Waals surface area contributed by atoms with Crippen molar-refractivity contribution in [3.63, 3.8) is 0 Å². The van der Waals surface area contributed by atoms with E-state index in [4.69, 9.17) is 4.55 Å². The largest absolute Gasteiger partial charge is 0.423 e. The average molecular weight is 280 g/mol. The van der Waals surface area contributed by atoms with Gasteiger partial charge in [0.05, 0.1) is 5.92 Å². The van der Waals surface area contributed by atoms with E-state index in [0.29, 0.717) is 6.07 Å². The Morgan fingerprint density at radius 2 is 1.83 bits per heavy atom. The zero-order chi connectivity index (χ0) is 14.1. The van der Waals surface area contributed by atoms with Crippen LogP contribution in [0.25, 0.3) is 0 Å².